The number of methoxy groups -OCH3 is 3. The number of thiazole rings is 1. The first-order chi connectivity index (χ1) is 18.2. The van der Waals surface area contributed by atoms with E-state index in [1.165, 1.54) is 74.4 Å². The number of ether oxygens (including phenoxy) is 3. The van der Waals surface area contributed by atoms with Crippen molar-refractivity contribution in [1.82, 2.24) is 4.57 Å². The van der Waals surface area contributed by atoms with Gasteiger partial charge < -0.3 is 18.8 Å². The number of anilines is 1. The lowest BCUT2D eigenvalue weighted by atomic mass is 10.2. The number of amides is 1. The summed E-state index contributed by atoms with van der Waals surface area (Å²) in [6, 6.07) is 15.0. The number of rotatable bonds is 8. The van der Waals surface area contributed by atoms with Crippen LogP contribution in [0.5, 0.6) is 11.5 Å². The summed E-state index contributed by atoms with van der Waals surface area (Å²) in [7, 11) is 0.329. The lowest BCUT2D eigenvalue weighted by Crippen LogP contribution is -2.22. The molecule has 38 heavy (non-hydrogen) atoms. The van der Waals surface area contributed by atoms with Crippen LogP contribution in [0.2, 0.25) is 5.02 Å². The predicted octanol–water partition coefficient (Wildman–Crippen LogP) is 4.09. The van der Waals surface area contributed by atoms with Crippen LogP contribution in [-0.4, -0.2) is 46.2 Å². The van der Waals surface area contributed by atoms with Crippen LogP contribution in [-0.2, 0) is 26.1 Å². The van der Waals surface area contributed by atoms with Crippen molar-refractivity contribution in [2.45, 2.75) is 11.4 Å². The van der Waals surface area contributed by atoms with Crippen LogP contribution < -0.4 is 19.0 Å². The molecule has 1 amide bonds. The summed E-state index contributed by atoms with van der Waals surface area (Å²) in [5.41, 5.74) is 0.809. The molecule has 198 valence electrons. The average molecular weight is 576 g/mol. The van der Waals surface area contributed by atoms with Gasteiger partial charge in [-0.1, -0.05) is 29.0 Å². The van der Waals surface area contributed by atoms with Crippen molar-refractivity contribution < 1.29 is 32.2 Å². The summed E-state index contributed by atoms with van der Waals surface area (Å²) in [6.45, 7) is -0.229. The third-order valence-electron chi connectivity index (χ3n) is 5.39. The second-order valence-electron chi connectivity index (χ2n) is 7.75. The van der Waals surface area contributed by atoms with E-state index in [1.54, 1.807) is 12.1 Å². The lowest BCUT2D eigenvalue weighted by Gasteiger charge is -2.09. The first-order valence-electron chi connectivity index (χ1n) is 11.0. The molecule has 3 aromatic carbocycles. The zero-order valence-electron chi connectivity index (χ0n) is 20.4. The minimum absolute atomic E-state index is 0.0142. The average Bonchev–Trinajstić information content (AvgIpc) is 3.25. The van der Waals surface area contributed by atoms with Crippen molar-refractivity contribution >= 4 is 60.7 Å². The quantitative estimate of drug-likeness (QED) is 0.314. The summed E-state index contributed by atoms with van der Waals surface area (Å²) in [6.07, 6.45) is 0. The Morgan fingerprint density at radius 2 is 1.68 bits per heavy atom. The molecular formula is C25H22ClN3O7S2. The highest BCUT2D eigenvalue weighted by Gasteiger charge is 2.20. The number of benzene rings is 3. The van der Waals surface area contributed by atoms with Gasteiger partial charge in [0.1, 0.15) is 28.3 Å². The standard InChI is InChI=1S/C25H22ClN3O7S2/c1-34-19-11-12-20(35-2)23-22(19)29(14-21(30)36-3)25(37-23)27-24(31)15-5-4-6-17(13-15)28-38(32,33)18-9-7-16(26)8-10-18/h4-13,28H,14H2,1-3H3. The van der Waals surface area contributed by atoms with Crippen LogP contribution in [0, 0.1) is 0 Å². The van der Waals surface area contributed by atoms with Crippen molar-refractivity contribution in [2.24, 2.45) is 4.99 Å². The molecule has 0 radical (unpaired) electrons. The largest absolute Gasteiger partial charge is 0.495 e. The van der Waals surface area contributed by atoms with Crippen LogP contribution in [0.15, 0.2) is 70.6 Å². The number of halogens is 1. The van der Waals surface area contributed by atoms with Gasteiger partial charge in [-0.15, -0.1) is 0 Å². The van der Waals surface area contributed by atoms with Gasteiger partial charge in [0.2, 0.25) is 0 Å². The van der Waals surface area contributed by atoms with Gasteiger partial charge in [-0.25, -0.2) is 8.42 Å². The number of carbonyl (C=O) groups excluding carboxylic acids is 2. The molecule has 0 unspecified atom stereocenters. The molecule has 0 saturated heterocycles. The van der Waals surface area contributed by atoms with Crippen molar-refractivity contribution in [3.05, 3.63) is 76.1 Å². The summed E-state index contributed by atoms with van der Waals surface area (Å²) in [5, 5.41) is 0.402. The maximum Gasteiger partial charge on any atom is 0.325 e. The van der Waals surface area contributed by atoms with E-state index in [0.717, 1.165) is 11.3 Å². The first kappa shape index (κ1) is 27.2. The zero-order chi connectivity index (χ0) is 27.4. The highest BCUT2D eigenvalue weighted by molar-refractivity contribution is 7.92. The number of hydrogen-bond acceptors (Lipinski definition) is 8. The lowest BCUT2D eigenvalue weighted by molar-refractivity contribution is -0.141. The maximum atomic E-state index is 13.2. The molecule has 1 aromatic heterocycles. The predicted molar refractivity (Wildman–Crippen MR) is 144 cm³/mol. The Balaban J connectivity index is 1.76. The molecule has 1 heterocycles. The van der Waals surface area contributed by atoms with Gasteiger partial charge >= 0.3 is 5.97 Å². The van der Waals surface area contributed by atoms with Crippen molar-refractivity contribution in [3.8, 4) is 11.5 Å². The summed E-state index contributed by atoms with van der Waals surface area (Å²) < 4.78 is 45.8. The molecule has 13 heteroatoms. The number of nitrogens with zero attached hydrogens (tertiary/aromatic N) is 2. The number of nitrogens with one attached hydrogen (secondary N) is 1. The Morgan fingerprint density at radius 3 is 2.34 bits per heavy atom. The summed E-state index contributed by atoms with van der Waals surface area (Å²) in [4.78, 5) is 29.8. The van der Waals surface area contributed by atoms with Gasteiger partial charge in [0, 0.05) is 16.3 Å². The molecule has 4 rings (SSSR count). The Bertz CT molecular complexity index is 1690. The molecule has 0 saturated carbocycles. The van der Waals surface area contributed by atoms with Gasteiger partial charge in [0.25, 0.3) is 15.9 Å². The van der Waals surface area contributed by atoms with E-state index in [4.69, 9.17) is 25.8 Å². The number of esters is 1. The van der Waals surface area contributed by atoms with Crippen molar-refractivity contribution in [3.63, 3.8) is 0 Å². The first-order valence-corrected chi connectivity index (χ1v) is 13.6. The number of fused-ring (bicyclic) bond motifs is 1. The minimum atomic E-state index is -3.92. The smallest absolute Gasteiger partial charge is 0.325 e. The topological polar surface area (TPSA) is 125 Å². The number of aromatic nitrogens is 1. The number of carbonyl (C=O) groups is 2. The maximum absolute atomic E-state index is 13.2. The minimum Gasteiger partial charge on any atom is -0.495 e. The highest BCUT2D eigenvalue weighted by atomic mass is 35.5. The molecular weight excluding hydrogens is 554 g/mol. The van der Waals surface area contributed by atoms with Crippen LogP contribution in [0.4, 0.5) is 5.69 Å². The van der Waals surface area contributed by atoms with Gasteiger partial charge in [-0.05, 0) is 54.6 Å². The molecule has 0 aliphatic carbocycles. The Labute approximate surface area is 227 Å². The van der Waals surface area contributed by atoms with Crippen LogP contribution in [0.25, 0.3) is 10.2 Å². The second-order valence-corrected chi connectivity index (χ2v) is 10.8. The van der Waals surface area contributed by atoms with Crippen LogP contribution in [0.1, 0.15) is 10.4 Å². The Kier molecular flexibility index (Phi) is 8.05. The van der Waals surface area contributed by atoms with E-state index in [0.29, 0.717) is 26.7 Å². The van der Waals surface area contributed by atoms with Crippen LogP contribution in [0.3, 0.4) is 0 Å². The summed E-state index contributed by atoms with van der Waals surface area (Å²) in [5.74, 6) is -0.243. The molecule has 0 atom stereocenters. The van der Waals surface area contributed by atoms with Gasteiger partial charge in [-0.2, -0.15) is 4.99 Å². The Hall–Kier alpha value is -3.87. The molecule has 10 nitrogen and oxygen atoms in total. The highest BCUT2D eigenvalue weighted by Crippen LogP contribution is 2.35. The molecule has 0 spiro atoms. The summed E-state index contributed by atoms with van der Waals surface area (Å²) >= 11 is 6.98. The zero-order valence-corrected chi connectivity index (χ0v) is 22.8. The van der Waals surface area contributed by atoms with E-state index in [1.807, 2.05) is 0 Å². The van der Waals surface area contributed by atoms with E-state index in [2.05, 4.69) is 9.71 Å². The fourth-order valence-electron chi connectivity index (χ4n) is 3.57. The monoisotopic (exact) mass is 575 g/mol. The molecule has 0 aliphatic rings. The van der Waals surface area contributed by atoms with Gasteiger partial charge in [-0.3, -0.25) is 14.3 Å². The fourth-order valence-corrected chi connectivity index (χ4v) is 5.89. The second kappa shape index (κ2) is 11.3. The third kappa shape index (κ3) is 5.67. The Morgan fingerprint density at radius 1 is 1.00 bits per heavy atom. The molecule has 0 fully saturated rings. The van der Waals surface area contributed by atoms with E-state index < -0.39 is 21.9 Å². The van der Waals surface area contributed by atoms with Crippen LogP contribution >= 0.6 is 22.9 Å². The molecule has 4 aromatic rings. The number of sulfonamides is 1. The van der Waals surface area contributed by atoms with Gasteiger partial charge in [0.15, 0.2) is 4.80 Å². The third-order valence-corrected chi connectivity index (χ3v) is 8.13. The molecule has 0 bridgehead atoms. The van der Waals surface area contributed by atoms with Crippen molar-refractivity contribution in [2.75, 3.05) is 26.1 Å². The van der Waals surface area contributed by atoms with E-state index in [9.17, 15) is 18.0 Å². The van der Waals surface area contributed by atoms with Gasteiger partial charge in [0.05, 0.1) is 26.2 Å². The van der Waals surface area contributed by atoms with Crippen molar-refractivity contribution in [1.29, 1.82) is 0 Å². The SMILES string of the molecule is COC(=O)Cn1c(=NC(=O)c2cccc(NS(=O)(=O)c3ccc(Cl)cc3)c2)sc2c(OC)ccc(OC)c21. The fraction of sp³-hybridized carbons (Fsp3) is 0.160. The van der Waals surface area contributed by atoms with E-state index >= 15 is 0 Å². The van der Waals surface area contributed by atoms with E-state index in [-0.39, 0.29) is 27.5 Å². The molecule has 1 N–H and O–H groups in total. The molecule has 0 aliphatic heterocycles. The normalized spacial score (nSPS) is 11.8. The number of hydrogen-bond donors (Lipinski definition) is 1.